The van der Waals surface area contributed by atoms with Crippen molar-refractivity contribution in [1.29, 1.82) is 0 Å². The van der Waals surface area contributed by atoms with Gasteiger partial charge < -0.3 is 20.5 Å². The van der Waals surface area contributed by atoms with E-state index in [4.69, 9.17) is 9.84 Å². The summed E-state index contributed by atoms with van der Waals surface area (Å²) in [6.07, 6.45) is 1.94. The number of carbonyl (C=O) groups excluding carboxylic acids is 2. The summed E-state index contributed by atoms with van der Waals surface area (Å²) in [5.74, 6) is -1.56. The molecule has 1 fully saturated rings. The van der Waals surface area contributed by atoms with Crippen LogP contribution >= 0.6 is 0 Å². The fourth-order valence-corrected chi connectivity index (χ4v) is 4.54. The van der Waals surface area contributed by atoms with E-state index < -0.39 is 18.0 Å². The second-order valence-corrected chi connectivity index (χ2v) is 8.87. The van der Waals surface area contributed by atoms with Crippen LogP contribution < -0.4 is 10.6 Å². The van der Waals surface area contributed by atoms with Crippen LogP contribution in [0.15, 0.2) is 48.5 Å². The standard InChI is InChI=1S/C26H30N2O5/c1-2-16(25(30)31)14-27-24(29)13-23(17-11-12-17)28-26(32)33-15-22-20-9-5-3-7-18(20)19-8-4-6-10-21(19)22/h3-10,16-17,22-23H,2,11-15H2,1H3,(H,27,29)(H,28,32)(H,30,31). The number of aliphatic carboxylic acids is 1. The van der Waals surface area contributed by atoms with Crippen LogP contribution in [0.3, 0.4) is 0 Å². The van der Waals surface area contributed by atoms with Crippen LogP contribution in [-0.4, -0.2) is 42.3 Å². The van der Waals surface area contributed by atoms with E-state index in [1.165, 1.54) is 11.1 Å². The average Bonchev–Trinajstić information content (AvgIpc) is 3.60. The number of fused-ring (bicyclic) bond motifs is 3. The number of ether oxygens (including phenoxy) is 1. The maximum Gasteiger partial charge on any atom is 0.407 e. The Morgan fingerprint density at radius 1 is 1.03 bits per heavy atom. The first-order valence-electron chi connectivity index (χ1n) is 11.6. The van der Waals surface area contributed by atoms with E-state index >= 15 is 0 Å². The topological polar surface area (TPSA) is 105 Å². The third-order valence-electron chi connectivity index (χ3n) is 6.63. The van der Waals surface area contributed by atoms with Crippen molar-refractivity contribution in [3.05, 3.63) is 59.7 Å². The van der Waals surface area contributed by atoms with Crippen LogP contribution in [0.2, 0.25) is 0 Å². The molecule has 0 spiro atoms. The highest BCUT2D eigenvalue weighted by atomic mass is 16.5. The van der Waals surface area contributed by atoms with Crippen LogP contribution in [0.4, 0.5) is 4.79 Å². The highest BCUT2D eigenvalue weighted by Crippen LogP contribution is 2.44. The van der Waals surface area contributed by atoms with Gasteiger partial charge in [0.15, 0.2) is 0 Å². The molecule has 2 amide bonds. The number of benzene rings is 2. The molecule has 3 N–H and O–H groups in total. The third kappa shape index (κ3) is 5.35. The summed E-state index contributed by atoms with van der Waals surface area (Å²) in [5, 5.41) is 14.7. The van der Waals surface area contributed by atoms with Gasteiger partial charge in [0.2, 0.25) is 5.91 Å². The second-order valence-electron chi connectivity index (χ2n) is 8.87. The van der Waals surface area contributed by atoms with Crippen LogP contribution in [0.5, 0.6) is 0 Å². The summed E-state index contributed by atoms with van der Waals surface area (Å²) in [7, 11) is 0. The zero-order chi connectivity index (χ0) is 23.4. The van der Waals surface area contributed by atoms with Gasteiger partial charge in [0.1, 0.15) is 6.61 Å². The van der Waals surface area contributed by atoms with Crippen molar-refractivity contribution in [1.82, 2.24) is 10.6 Å². The van der Waals surface area contributed by atoms with Crippen molar-refractivity contribution in [2.24, 2.45) is 11.8 Å². The lowest BCUT2D eigenvalue weighted by molar-refractivity contribution is -0.141. The Bertz CT molecular complexity index is 987. The van der Waals surface area contributed by atoms with Crippen molar-refractivity contribution in [3.8, 4) is 11.1 Å². The Balaban J connectivity index is 1.32. The lowest BCUT2D eigenvalue weighted by Crippen LogP contribution is -2.42. The number of carbonyl (C=O) groups is 3. The fourth-order valence-electron chi connectivity index (χ4n) is 4.54. The van der Waals surface area contributed by atoms with E-state index in [9.17, 15) is 14.4 Å². The molecule has 33 heavy (non-hydrogen) atoms. The molecule has 4 rings (SSSR count). The lowest BCUT2D eigenvalue weighted by atomic mass is 9.98. The quantitative estimate of drug-likeness (QED) is 0.509. The number of nitrogens with one attached hydrogen (secondary N) is 2. The lowest BCUT2D eigenvalue weighted by Gasteiger charge is -2.20. The van der Waals surface area contributed by atoms with E-state index in [-0.39, 0.29) is 43.4 Å². The molecule has 2 aromatic rings. The number of carboxylic acids is 1. The molecule has 0 saturated heterocycles. The molecule has 7 nitrogen and oxygen atoms in total. The van der Waals surface area contributed by atoms with E-state index in [0.717, 1.165) is 24.0 Å². The molecule has 0 bridgehead atoms. The highest BCUT2D eigenvalue weighted by Gasteiger charge is 2.35. The van der Waals surface area contributed by atoms with E-state index in [1.807, 2.05) is 24.3 Å². The second kappa shape index (κ2) is 10.1. The number of hydrogen-bond acceptors (Lipinski definition) is 4. The summed E-state index contributed by atoms with van der Waals surface area (Å²) < 4.78 is 5.62. The third-order valence-corrected chi connectivity index (χ3v) is 6.63. The summed E-state index contributed by atoms with van der Waals surface area (Å²) in [6, 6.07) is 16.0. The average molecular weight is 451 g/mol. The summed E-state index contributed by atoms with van der Waals surface area (Å²) in [6.45, 7) is 2.09. The van der Waals surface area contributed by atoms with Gasteiger partial charge in [-0.2, -0.15) is 0 Å². The molecule has 2 aliphatic rings. The first kappa shape index (κ1) is 22.8. The zero-order valence-corrected chi connectivity index (χ0v) is 18.8. The number of carboxylic acid groups (broad SMARTS) is 1. The predicted molar refractivity (Wildman–Crippen MR) is 124 cm³/mol. The SMILES string of the molecule is CCC(CNC(=O)CC(NC(=O)OCC1c2ccccc2-c2ccccc21)C1CC1)C(=O)O. The zero-order valence-electron chi connectivity index (χ0n) is 18.8. The van der Waals surface area contributed by atoms with Gasteiger partial charge in [-0.1, -0.05) is 55.5 Å². The van der Waals surface area contributed by atoms with Gasteiger partial charge in [0.25, 0.3) is 0 Å². The van der Waals surface area contributed by atoms with Crippen molar-refractivity contribution in [2.45, 2.75) is 44.6 Å². The Morgan fingerprint density at radius 2 is 1.64 bits per heavy atom. The van der Waals surface area contributed by atoms with Crippen LogP contribution in [0.25, 0.3) is 11.1 Å². The van der Waals surface area contributed by atoms with Gasteiger partial charge >= 0.3 is 12.1 Å². The molecule has 7 heteroatoms. The maximum absolute atomic E-state index is 12.6. The van der Waals surface area contributed by atoms with Gasteiger partial charge in [-0.3, -0.25) is 9.59 Å². The van der Waals surface area contributed by atoms with Crippen molar-refractivity contribution in [3.63, 3.8) is 0 Å². The number of hydrogen-bond donors (Lipinski definition) is 3. The van der Waals surface area contributed by atoms with Crippen molar-refractivity contribution in [2.75, 3.05) is 13.2 Å². The minimum atomic E-state index is -0.923. The van der Waals surface area contributed by atoms with Gasteiger partial charge in [-0.25, -0.2) is 4.79 Å². The summed E-state index contributed by atoms with van der Waals surface area (Å²) in [4.78, 5) is 36.1. The molecule has 0 radical (unpaired) electrons. The number of alkyl carbamates (subject to hydrolysis) is 1. The number of rotatable bonds is 10. The highest BCUT2D eigenvalue weighted by molar-refractivity contribution is 5.80. The molecule has 2 atom stereocenters. The molecular weight excluding hydrogens is 420 g/mol. The van der Waals surface area contributed by atoms with Crippen LogP contribution in [0.1, 0.15) is 49.7 Å². The monoisotopic (exact) mass is 450 g/mol. The minimum Gasteiger partial charge on any atom is -0.481 e. The molecule has 2 aromatic carbocycles. The van der Waals surface area contributed by atoms with Crippen LogP contribution in [-0.2, 0) is 14.3 Å². The van der Waals surface area contributed by atoms with E-state index in [0.29, 0.717) is 6.42 Å². The van der Waals surface area contributed by atoms with Gasteiger partial charge in [0, 0.05) is 24.9 Å². The normalized spacial score (nSPS) is 16.3. The Kier molecular flexibility index (Phi) is 6.96. The summed E-state index contributed by atoms with van der Waals surface area (Å²) >= 11 is 0. The summed E-state index contributed by atoms with van der Waals surface area (Å²) in [5.41, 5.74) is 4.63. The molecular formula is C26H30N2O5. The molecule has 0 heterocycles. The number of amides is 2. The first-order valence-corrected chi connectivity index (χ1v) is 11.6. The molecule has 2 aliphatic carbocycles. The minimum absolute atomic E-state index is 0.0205. The molecule has 0 aromatic heterocycles. The van der Waals surface area contributed by atoms with Gasteiger partial charge in [0.05, 0.1) is 5.92 Å². The maximum atomic E-state index is 12.6. The smallest absolute Gasteiger partial charge is 0.407 e. The predicted octanol–water partition coefficient (Wildman–Crippen LogP) is 3.92. The fraction of sp³-hybridized carbons (Fsp3) is 0.423. The van der Waals surface area contributed by atoms with Crippen LogP contribution in [0, 0.1) is 11.8 Å². The molecule has 2 unspecified atom stereocenters. The van der Waals surface area contributed by atoms with Crippen molar-refractivity contribution >= 4 is 18.0 Å². The Hall–Kier alpha value is -3.35. The Morgan fingerprint density at radius 3 is 2.18 bits per heavy atom. The van der Waals surface area contributed by atoms with Crippen molar-refractivity contribution < 1.29 is 24.2 Å². The van der Waals surface area contributed by atoms with E-state index in [2.05, 4.69) is 34.9 Å². The van der Waals surface area contributed by atoms with E-state index in [1.54, 1.807) is 6.92 Å². The first-order chi connectivity index (χ1) is 16.0. The molecule has 0 aliphatic heterocycles. The molecule has 1 saturated carbocycles. The van der Waals surface area contributed by atoms with Gasteiger partial charge in [-0.15, -0.1) is 0 Å². The Labute approximate surface area is 193 Å². The largest absolute Gasteiger partial charge is 0.481 e. The van der Waals surface area contributed by atoms with Gasteiger partial charge in [-0.05, 0) is 47.4 Å². The molecule has 174 valence electrons.